The van der Waals surface area contributed by atoms with Gasteiger partial charge in [0, 0.05) is 18.1 Å². The van der Waals surface area contributed by atoms with Crippen molar-refractivity contribution in [2.24, 2.45) is 0 Å². The topological polar surface area (TPSA) is 58.9 Å². The predicted octanol–water partition coefficient (Wildman–Crippen LogP) is 2.22. The first-order chi connectivity index (χ1) is 12.5. The Morgan fingerprint density at radius 2 is 1.85 bits per heavy atom. The maximum absolute atomic E-state index is 12.9. The summed E-state index contributed by atoms with van der Waals surface area (Å²) in [5.74, 6) is 0.795. The predicted molar refractivity (Wildman–Crippen MR) is 104 cm³/mol. The van der Waals surface area contributed by atoms with Crippen molar-refractivity contribution >= 4 is 11.7 Å². The molecule has 0 spiro atoms. The number of pyridine rings is 1. The molecule has 1 unspecified atom stereocenters. The fourth-order valence-corrected chi connectivity index (χ4v) is 2.63. The van der Waals surface area contributed by atoms with Crippen LogP contribution in [0.25, 0.3) is 0 Å². The fraction of sp³-hybridized carbons (Fsp3) is 0.400. The van der Waals surface area contributed by atoms with E-state index in [-0.39, 0.29) is 12.1 Å². The Balaban J connectivity index is 2.11. The van der Waals surface area contributed by atoms with Crippen molar-refractivity contribution in [1.29, 1.82) is 0 Å². The third-order valence-electron chi connectivity index (χ3n) is 4.19. The van der Waals surface area contributed by atoms with E-state index in [1.807, 2.05) is 55.1 Å². The summed E-state index contributed by atoms with van der Waals surface area (Å²) in [6.07, 6.45) is 3.51. The van der Waals surface area contributed by atoms with Crippen molar-refractivity contribution < 1.29 is 14.4 Å². The largest absolute Gasteiger partial charge is 0.494 e. The first kappa shape index (κ1) is 19.7. The monoisotopic (exact) mass is 357 g/mol. The molecule has 0 fully saturated rings. The van der Waals surface area contributed by atoms with E-state index in [1.165, 1.54) is 4.90 Å². The number of ether oxygens (including phenoxy) is 1. The Morgan fingerprint density at radius 1 is 1.19 bits per heavy atom. The van der Waals surface area contributed by atoms with E-state index in [1.54, 1.807) is 12.4 Å². The van der Waals surface area contributed by atoms with Crippen molar-refractivity contribution in [3.8, 4) is 5.75 Å². The molecule has 2 amide bonds. The highest BCUT2D eigenvalue weighted by molar-refractivity contribution is 5.89. The number of amides is 2. The highest BCUT2D eigenvalue weighted by Gasteiger charge is 2.22. The van der Waals surface area contributed by atoms with Crippen LogP contribution in [-0.2, 0) is 0 Å². The molecule has 1 aromatic heterocycles. The van der Waals surface area contributed by atoms with Crippen LogP contribution < -0.4 is 15.0 Å². The van der Waals surface area contributed by atoms with E-state index in [0.717, 1.165) is 23.5 Å². The van der Waals surface area contributed by atoms with Gasteiger partial charge in [-0.3, -0.25) is 4.98 Å². The summed E-state index contributed by atoms with van der Waals surface area (Å²) in [5, 5.41) is 2.99. The van der Waals surface area contributed by atoms with Gasteiger partial charge in [-0.2, -0.15) is 0 Å². The fourth-order valence-electron chi connectivity index (χ4n) is 2.63. The molecule has 6 nitrogen and oxygen atoms in total. The lowest BCUT2D eigenvalue weighted by molar-refractivity contribution is -0.857. The van der Waals surface area contributed by atoms with Crippen LogP contribution in [0.1, 0.15) is 25.5 Å². The average Bonchev–Trinajstić information content (AvgIpc) is 2.64. The van der Waals surface area contributed by atoms with Crippen LogP contribution in [0.4, 0.5) is 10.5 Å². The molecule has 0 aliphatic rings. The zero-order valence-electron chi connectivity index (χ0n) is 16.0. The number of likely N-dealkylation sites (N-methyl/N-ethyl adjacent to an activating group) is 1. The molecule has 2 rings (SSSR count). The SMILES string of the molecule is CCOc1ccc(NC(=O)N(CC[NH+](C)C)C(C)c2ccncc2)cc1. The summed E-state index contributed by atoms with van der Waals surface area (Å²) < 4.78 is 5.44. The number of rotatable bonds is 8. The van der Waals surface area contributed by atoms with Gasteiger partial charge in [-0.25, -0.2) is 4.79 Å². The van der Waals surface area contributed by atoms with Crippen molar-refractivity contribution in [2.45, 2.75) is 19.9 Å². The summed E-state index contributed by atoms with van der Waals surface area (Å²) in [7, 11) is 4.17. The van der Waals surface area contributed by atoms with Crippen molar-refractivity contribution in [2.75, 3.05) is 39.1 Å². The van der Waals surface area contributed by atoms with Crippen LogP contribution in [0.2, 0.25) is 0 Å². The van der Waals surface area contributed by atoms with Crippen LogP contribution in [-0.4, -0.2) is 49.7 Å². The van der Waals surface area contributed by atoms with E-state index in [0.29, 0.717) is 13.2 Å². The first-order valence-corrected chi connectivity index (χ1v) is 9.00. The number of anilines is 1. The number of carbonyl (C=O) groups excluding carboxylic acids is 1. The normalized spacial score (nSPS) is 11.9. The Labute approximate surface area is 155 Å². The third-order valence-corrected chi connectivity index (χ3v) is 4.19. The maximum Gasteiger partial charge on any atom is 0.322 e. The molecule has 6 heteroatoms. The molecule has 1 heterocycles. The van der Waals surface area contributed by atoms with Gasteiger partial charge in [-0.15, -0.1) is 0 Å². The van der Waals surface area contributed by atoms with E-state index in [2.05, 4.69) is 24.4 Å². The van der Waals surface area contributed by atoms with Crippen molar-refractivity contribution in [1.82, 2.24) is 9.88 Å². The molecule has 0 aliphatic carbocycles. The summed E-state index contributed by atoms with van der Waals surface area (Å²) >= 11 is 0. The van der Waals surface area contributed by atoms with Gasteiger partial charge in [0.15, 0.2) is 0 Å². The number of benzene rings is 1. The highest BCUT2D eigenvalue weighted by Crippen LogP contribution is 2.21. The molecule has 0 radical (unpaired) electrons. The lowest BCUT2D eigenvalue weighted by Crippen LogP contribution is -3.06. The molecule has 0 bridgehead atoms. The molecular weight excluding hydrogens is 328 g/mol. The van der Waals surface area contributed by atoms with E-state index in [9.17, 15) is 4.79 Å². The number of carbonyl (C=O) groups is 1. The third kappa shape index (κ3) is 5.74. The van der Waals surface area contributed by atoms with Crippen LogP contribution in [0.5, 0.6) is 5.75 Å². The second-order valence-corrected chi connectivity index (χ2v) is 6.49. The zero-order valence-corrected chi connectivity index (χ0v) is 16.0. The molecule has 140 valence electrons. The van der Waals surface area contributed by atoms with Crippen LogP contribution in [0.3, 0.4) is 0 Å². The summed E-state index contributed by atoms with van der Waals surface area (Å²) in [4.78, 5) is 20.1. The Hall–Kier alpha value is -2.60. The lowest BCUT2D eigenvalue weighted by Gasteiger charge is -2.30. The van der Waals surface area contributed by atoms with Gasteiger partial charge < -0.3 is 19.9 Å². The minimum absolute atomic E-state index is 0.0416. The van der Waals surface area contributed by atoms with E-state index in [4.69, 9.17) is 4.74 Å². The van der Waals surface area contributed by atoms with Gasteiger partial charge in [0.25, 0.3) is 0 Å². The van der Waals surface area contributed by atoms with Crippen molar-refractivity contribution in [3.63, 3.8) is 0 Å². The number of hydrogen-bond acceptors (Lipinski definition) is 3. The number of nitrogens with zero attached hydrogens (tertiary/aromatic N) is 2. The van der Waals surface area contributed by atoms with Crippen LogP contribution in [0.15, 0.2) is 48.8 Å². The summed E-state index contributed by atoms with van der Waals surface area (Å²) in [6, 6.07) is 11.2. The summed E-state index contributed by atoms with van der Waals surface area (Å²) in [5.41, 5.74) is 1.82. The van der Waals surface area contributed by atoms with Gasteiger partial charge in [0.05, 0.1) is 39.8 Å². The zero-order chi connectivity index (χ0) is 18.9. The van der Waals surface area contributed by atoms with Gasteiger partial charge in [0.1, 0.15) is 5.75 Å². The maximum atomic E-state index is 12.9. The van der Waals surface area contributed by atoms with Crippen LogP contribution >= 0.6 is 0 Å². The minimum Gasteiger partial charge on any atom is -0.494 e. The molecule has 0 aliphatic heterocycles. The Bertz CT molecular complexity index is 674. The van der Waals surface area contributed by atoms with Gasteiger partial charge in [0.2, 0.25) is 0 Å². The second kappa shape index (κ2) is 9.77. The number of quaternary nitrogens is 1. The molecule has 2 aromatic rings. The smallest absolute Gasteiger partial charge is 0.322 e. The molecule has 1 aromatic carbocycles. The molecule has 26 heavy (non-hydrogen) atoms. The van der Waals surface area contributed by atoms with Gasteiger partial charge >= 0.3 is 6.03 Å². The van der Waals surface area contributed by atoms with Gasteiger partial charge in [-0.05, 0) is 55.8 Å². The number of nitrogens with one attached hydrogen (secondary N) is 2. The minimum atomic E-state index is -0.111. The quantitative estimate of drug-likeness (QED) is 0.762. The standard InChI is InChI=1S/C20H28N4O2/c1-5-26-19-8-6-18(7-9-19)22-20(25)24(15-14-23(3)4)16(2)17-10-12-21-13-11-17/h6-13,16H,5,14-15H2,1-4H3,(H,22,25)/p+1. The number of hydrogen-bond donors (Lipinski definition) is 2. The molecule has 2 N–H and O–H groups in total. The van der Waals surface area contributed by atoms with Crippen LogP contribution in [0, 0.1) is 0 Å². The lowest BCUT2D eigenvalue weighted by atomic mass is 10.1. The Kier molecular flexibility index (Phi) is 7.41. The second-order valence-electron chi connectivity index (χ2n) is 6.49. The summed E-state index contributed by atoms with van der Waals surface area (Å²) in [6.45, 7) is 6.13. The van der Waals surface area contributed by atoms with Gasteiger partial charge in [-0.1, -0.05) is 0 Å². The molecular formula is C20H29N4O2+. The van der Waals surface area contributed by atoms with E-state index < -0.39 is 0 Å². The van der Waals surface area contributed by atoms with E-state index >= 15 is 0 Å². The first-order valence-electron chi connectivity index (χ1n) is 9.00. The molecule has 1 atom stereocenters. The molecule has 0 saturated heterocycles. The average molecular weight is 357 g/mol. The number of aromatic nitrogens is 1. The molecule has 0 saturated carbocycles. The van der Waals surface area contributed by atoms with Crippen molar-refractivity contribution in [3.05, 3.63) is 54.4 Å². The highest BCUT2D eigenvalue weighted by atomic mass is 16.5. The Morgan fingerprint density at radius 3 is 2.42 bits per heavy atom. The number of urea groups is 1.